The Morgan fingerprint density at radius 2 is 1.96 bits per heavy atom. The zero-order valence-corrected chi connectivity index (χ0v) is 14.7. The number of hydrogen-bond donors (Lipinski definition) is 0. The molecule has 0 saturated heterocycles. The van der Waals surface area contributed by atoms with Crippen molar-refractivity contribution in [2.75, 3.05) is 6.61 Å². The predicted molar refractivity (Wildman–Crippen MR) is 89.0 cm³/mol. The number of allylic oxidation sites excluding steroid dienone is 1. The molecule has 0 bridgehead atoms. The average molecular weight is 347 g/mol. The van der Waals surface area contributed by atoms with Gasteiger partial charge in [-0.05, 0) is 67.8 Å². The maximum absolute atomic E-state index is 12.7. The maximum atomic E-state index is 12.7. The molecule has 0 aromatic rings. The summed E-state index contributed by atoms with van der Waals surface area (Å²) in [6, 6.07) is 0. The van der Waals surface area contributed by atoms with Gasteiger partial charge in [-0.3, -0.25) is 9.59 Å². The smallest absolute Gasteiger partial charge is 0.294 e. The van der Waals surface area contributed by atoms with Crippen LogP contribution in [0.1, 0.15) is 58.3 Å². The summed E-state index contributed by atoms with van der Waals surface area (Å²) in [5.41, 5.74) is 0.692. The molecular formula is C19H25NO5. The van der Waals surface area contributed by atoms with Gasteiger partial charge in [-0.15, -0.1) is 10.1 Å². The lowest BCUT2D eigenvalue weighted by atomic mass is 9.47. The minimum absolute atomic E-state index is 0.0542. The summed E-state index contributed by atoms with van der Waals surface area (Å²) in [6.07, 6.45) is 8.22. The number of hydrogen-bond acceptors (Lipinski definition) is 5. The minimum atomic E-state index is -0.765. The molecule has 0 radical (unpaired) electrons. The first-order valence-electron chi connectivity index (χ1n) is 9.41. The minimum Gasteiger partial charge on any atom is -0.313 e. The van der Waals surface area contributed by atoms with Crippen LogP contribution in [0.25, 0.3) is 0 Å². The van der Waals surface area contributed by atoms with Crippen LogP contribution < -0.4 is 0 Å². The van der Waals surface area contributed by atoms with Crippen LogP contribution in [0.15, 0.2) is 11.6 Å². The largest absolute Gasteiger partial charge is 0.313 e. The Morgan fingerprint density at radius 3 is 2.72 bits per heavy atom. The third-order valence-corrected chi connectivity index (χ3v) is 7.84. The van der Waals surface area contributed by atoms with Gasteiger partial charge in [0.2, 0.25) is 0 Å². The van der Waals surface area contributed by atoms with E-state index >= 15 is 0 Å². The van der Waals surface area contributed by atoms with Crippen molar-refractivity contribution in [2.24, 2.45) is 28.6 Å². The van der Waals surface area contributed by atoms with E-state index < -0.39 is 10.5 Å². The second-order valence-electron chi connectivity index (χ2n) is 8.62. The standard InChI is InChI=1S/C19H25NO5/c1-18-8-6-13(21)10-12(18)2-3-14-15(18)7-9-19(11-25-20(23)24)16(14)4-5-17(19)22/h10,14-16H,2-9,11H2,1H3/t14?,15-,16-,18-,19+/m0/s1. The number of Topliss-reactive ketones (excluding diaryl/α,β-unsaturated/α-hetero) is 1. The van der Waals surface area contributed by atoms with Gasteiger partial charge < -0.3 is 4.84 Å². The first-order chi connectivity index (χ1) is 11.9. The first kappa shape index (κ1) is 16.7. The highest BCUT2D eigenvalue weighted by molar-refractivity contribution is 5.91. The van der Waals surface area contributed by atoms with Gasteiger partial charge in [0.15, 0.2) is 5.78 Å². The van der Waals surface area contributed by atoms with Gasteiger partial charge in [0.05, 0.1) is 5.41 Å². The molecule has 3 fully saturated rings. The lowest BCUT2D eigenvalue weighted by Gasteiger charge is -2.57. The fraction of sp³-hybridized carbons (Fsp3) is 0.789. The van der Waals surface area contributed by atoms with Crippen LogP contribution in [0.4, 0.5) is 0 Å². The highest BCUT2D eigenvalue weighted by Crippen LogP contribution is 2.64. The van der Waals surface area contributed by atoms with Gasteiger partial charge in [0.1, 0.15) is 12.4 Å². The molecule has 4 aliphatic rings. The number of carbonyl (C=O) groups is 2. The molecule has 25 heavy (non-hydrogen) atoms. The van der Waals surface area contributed by atoms with Gasteiger partial charge in [0, 0.05) is 12.8 Å². The number of carbonyl (C=O) groups excluding carboxylic acids is 2. The normalized spacial score (nSPS) is 42.9. The number of rotatable bonds is 3. The van der Waals surface area contributed by atoms with E-state index in [2.05, 4.69) is 6.92 Å². The SMILES string of the molecule is C[C@]12CCC(=O)C=C1CCC1[C@@H]3CCC(=O)[C@@]3(CO[N+](=O)[O-])CC[C@@H]12. The molecule has 1 unspecified atom stereocenters. The quantitative estimate of drug-likeness (QED) is 0.577. The van der Waals surface area contributed by atoms with Crippen LogP contribution in [0, 0.1) is 38.7 Å². The van der Waals surface area contributed by atoms with Gasteiger partial charge >= 0.3 is 0 Å². The Labute approximate surface area is 147 Å². The molecule has 0 spiro atoms. The second-order valence-corrected chi connectivity index (χ2v) is 8.62. The summed E-state index contributed by atoms with van der Waals surface area (Å²) in [7, 11) is 0. The van der Waals surface area contributed by atoms with E-state index in [1.807, 2.05) is 6.08 Å². The van der Waals surface area contributed by atoms with Gasteiger partial charge in [0.25, 0.3) is 5.09 Å². The van der Waals surface area contributed by atoms with Crippen molar-refractivity contribution in [2.45, 2.75) is 58.3 Å². The van der Waals surface area contributed by atoms with E-state index in [1.165, 1.54) is 5.57 Å². The number of fused-ring (bicyclic) bond motifs is 5. The Hall–Kier alpha value is -1.72. The topological polar surface area (TPSA) is 86.5 Å². The van der Waals surface area contributed by atoms with Crippen molar-refractivity contribution in [1.29, 1.82) is 0 Å². The molecule has 0 heterocycles. The first-order valence-corrected chi connectivity index (χ1v) is 9.41. The summed E-state index contributed by atoms with van der Waals surface area (Å²) < 4.78 is 0. The van der Waals surface area contributed by atoms with Gasteiger partial charge in [-0.2, -0.15) is 0 Å². The van der Waals surface area contributed by atoms with Crippen LogP contribution in [-0.4, -0.2) is 23.3 Å². The van der Waals surface area contributed by atoms with E-state index in [1.54, 1.807) is 0 Å². The zero-order valence-electron chi connectivity index (χ0n) is 14.7. The van der Waals surface area contributed by atoms with Crippen molar-refractivity contribution >= 4 is 11.6 Å². The number of ketones is 2. The van der Waals surface area contributed by atoms with Crippen molar-refractivity contribution in [3.8, 4) is 0 Å². The Balaban J connectivity index is 1.65. The summed E-state index contributed by atoms with van der Waals surface area (Å²) in [4.78, 5) is 40.0. The van der Waals surface area contributed by atoms with Crippen LogP contribution in [0.3, 0.4) is 0 Å². The predicted octanol–water partition coefficient (Wildman–Crippen LogP) is 3.28. The van der Waals surface area contributed by atoms with Crippen molar-refractivity contribution < 1.29 is 19.5 Å². The van der Waals surface area contributed by atoms with E-state index in [4.69, 9.17) is 4.84 Å². The monoisotopic (exact) mass is 347 g/mol. The van der Waals surface area contributed by atoms with Crippen molar-refractivity contribution in [3.05, 3.63) is 21.8 Å². The molecule has 136 valence electrons. The zero-order chi connectivity index (χ0) is 17.8. The molecule has 0 aromatic carbocycles. The molecule has 6 heteroatoms. The maximum Gasteiger partial charge on any atom is 0.294 e. The van der Waals surface area contributed by atoms with Gasteiger partial charge in [-0.1, -0.05) is 12.5 Å². The summed E-state index contributed by atoms with van der Waals surface area (Å²) >= 11 is 0. The molecule has 0 amide bonds. The fourth-order valence-electron chi connectivity index (χ4n) is 6.57. The number of nitrogens with zero attached hydrogens (tertiary/aromatic N) is 1. The highest BCUT2D eigenvalue weighted by atomic mass is 16.9. The molecule has 0 aromatic heterocycles. The van der Waals surface area contributed by atoms with Crippen LogP contribution in [-0.2, 0) is 14.4 Å². The molecule has 6 nitrogen and oxygen atoms in total. The average Bonchev–Trinajstić information content (AvgIpc) is 2.91. The summed E-state index contributed by atoms with van der Waals surface area (Å²) in [5, 5.41) is 9.95. The van der Waals surface area contributed by atoms with E-state index in [9.17, 15) is 19.7 Å². The van der Waals surface area contributed by atoms with Crippen molar-refractivity contribution in [1.82, 2.24) is 0 Å². The lowest BCUT2D eigenvalue weighted by Crippen LogP contribution is -2.53. The molecular weight excluding hydrogens is 322 g/mol. The fourth-order valence-corrected chi connectivity index (χ4v) is 6.57. The molecule has 5 atom stereocenters. The lowest BCUT2D eigenvalue weighted by molar-refractivity contribution is -0.760. The van der Waals surface area contributed by atoms with Crippen LogP contribution >= 0.6 is 0 Å². The molecule has 0 aliphatic heterocycles. The Morgan fingerprint density at radius 1 is 1.16 bits per heavy atom. The molecule has 3 saturated carbocycles. The second kappa shape index (κ2) is 5.64. The molecule has 4 rings (SSSR count). The van der Waals surface area contributed by atoms with Crippen molar-refractivity contribution in [3.63, 3.8) is 0 Å². The van der Waals surface area contributed by atoms with Gasteiger partial charge in [-0.25, -0.2) is 0 Å². The molecule has 4 aliphatic carbocycles. The van der Waals surface area contributed by atoms with E-state index in [0.717, 1.165) is 32.1 Å². The third kappa shape index (κ3) is 2.36. The third-order valence-electron chi connectivity index (χ3n) is 7.84. The van der Waals surface area contributed by atoms with E-state index in [-0.39, 0.29) is 29.5 Å². The van der Waals surface area contributed by atoms with Crippen LogP contribution in [0.2, 0.25) is 0 Å². The Kier molecular flexibility index (Phi) is 3.78. The molecule has 0 N–H and O–H groups in total. The summed E-state index contributed by atoms with van der Waals surface area (Å²) in [5.74, 6) is 1.47. The van der Waals surface area contributed by atoms with E-state index in [0.29, 0.717) is 31.1 Å². The Bertz CT molecular complexity index is 671. The summed E-state index contributed by atoms with van der Waals surface area (Å²) in [6.45, 7) is 2.21. The highest BCUT2D eigenvalue weighted by Gasteiger charge is 2.61. The van der Waals surface area contributed by atoms with Crippen LogP contribution in [0.5, 0.6) is 0 Å².